The molecule has 9 rings (SSSR count). The second kappa shape index (κ2) is 17.9. The van der Waals surface area contributed by atoms with Crippen LogP contribution < -0.4 is 31.1 Å². The summed E-state index contributed by atoms with van der Waals surface area (Å²) in [5, 5.41) is 9.25. The minimum absolute atomic E-state index is 0.0916. The lowest BCUT2D eigenvalue weighted by Gasteiger charge is -2.47. The van der Waals surface area contributed by atoms with Gasteiger partial charge in [-0.1, -0.05) is 23.7 Å². The first-order valence-electron chi connectivity index (χ1n) is 22.2. The summed E-state index contributed by atoms with van der Waals surface area (Å²) in [6, 6.07) is 12.2. The van der Waals surface area contributed by atoms with Gasteiger partial charge in [0.05, 0.1) is 22.8 Å². The molecule has 5 aliphatic rings. The van der Waals surface area contributed by atoms with E-state index in [-0.39, 0.29) is 54.5 Å². The monoisotopic (exact) mass is 892 g/mol. The number of nitrogens with one attached hydrogen (secondary N) is 3. The van der Waals surface area contributed by atoms with Crippen LogP contribution in [0.5, 0.6) is 5.75 Å². The number of likely N-dealkylation sites (tertiary alicyclic amines) is 1. The molecule has 1 atom stereocenters. The van der Waals surface area contributed by atoms with E-state index >= 15 is 0 Å². The van der Waals surface area contributed by atoms with Crippen molar-refractivity contribution in [3.8, 4) is 5.75 Å². The molecule has 0 radical (unpaired) electrons. The van der Waals surface area contributed by atoms with Crippen LogP contribution >= 0.6 is 11.6 Å². The molecule has 1 saturated carbocycles. The Morgan fingerprint density at radius 2 is 1.72 bits per heavy atom. The van der Waals surface area contributed by atoms with Crippen molar-refractivity contribution >= 4 is 69.5 Å². The topological polar surface area (TPSA) is 191 Å². The maximum absolute atomic E-state index is 13.7. The van der Waals surface area contributed by atoms with Crippen molar-refractivity contribution in [2.24, 2.45) is 5.92 Å². The molecule has 6 heterocycles. The van der Waals surface area contributed by atoms with Gasteiger partial charge in [-0.2, -0.15) is 4.98 Å². The van der Waals surface area contributed by atoms with E-state index in [2.05, 4.69) is 35.6 Å². The second-order valence-corrected chi connectivity index (χ2v) is 18.2. The van der Waals surface area contributed by atoms with Crippen molar-refractivity contribution < 1.29 is 28.7 Å². The number of anilines is 3. The van der Waals surface area contributed by atoms with Gasteiger partial charge in [-0.15, -0.1) is 0 Å². The van der Waals surface area contributed by atoms with E-state index in [0.717, 1.165) is 92.9 Å². The number of piperazine rings is 1. The van der Waals surface area contributed by atoms with Crippen LogP contribution in [0.15, 0.2) is 53.5 Å². The zero-order valence-corrected chi connectivity index (χ0v) is 37.0. The lowest BCUT2D eigenvalue weighted by atomic mass is 9.77. The number of amides is 5. The number of carbonyl (C=O) groups is 5. The van der Waals surface area contributed by atoms with Gasteiger partial charge in [-0.3, -0.25) is 43.9 Å². The van der Waals surface area contributed by atoms with E-state index < -0.39 is 23.8 Å². The lowest BCUT2D eigenvalue weighted by molar-refractivity contribution is -0.136. The number of pyridine rings is 1. The fourth-order valence-electron chi connectivity index (χ4n) is 10.1. The van der Waals surface area contributed by atoms with Crippen molar-refractivity contribution in [2.75, 3.05) is 69.7 Å². The second-order valence-electron chi connectivity index (χ2n) is 17.8. The van der Waals surface area contributed by atoms with Gasteiger partial charge in [0.2, 0.25) is 17.8 Å². The first-order valence-corrected chi connectivity index (χ1v) is 22.6. The van der Waals surface area contributed by atoms with Gasteiger partial charge in [-0.05, 0) is 107 Å². The number of hydrogen-bond donors (Lipinski definition) is 3. The molecule has 0 spiro atoms. The molecule has 5 amide bonds. The Bertz CT molecular complexity index is 2580. The van der Waals surface area contributed by atoms with Crippen LogP contribution in [0.25, 0.3) is 10.9 Å². The highest BCUT2D eigenvalue weighted by molar-refractivity contribution is 6.33. The Morgan fingerprint density at radius 3 is 2.44 bits per heavy atom. The van der Waals surface area contributed by atoms with Gasteiger partial charge in [0.1, 0.15) is 11.1 Å². The lowest BCUT2D eigenvalue weighted by Crippen LogP contribution is -2.54. The largest absolute Gasteiger partial charge is 0.478 e. The molecule has 336 valence electrons. The van der Waals surface area contributed by atoms with Crippen LogP contribution in [-0.2, 0) is 14.4 Å². The summed E-state index contributed by atoms with van der Waals surface area (Å²) < 4.78 is 7.27. The number of ether oxygens (including phenoxy) is 1. The van der Waals surface area contributed by atoms with Crippen molar-refractivity contribution in [2.45, 2.75) is 76.4 Å². The van der Waals surface area contributed by atoms with Gasteiger partial charge in [0, 0.05) is 69.3 Å². The Kier molecular flexibility index (Phi) is 12.1. The number of imide groups is 2. The third-order valence-corrected chi connectivity index (χ3v) is 13.8. The molecule has 3 N–H and O–H groups in total. The molecular formula is C46H53ClN10O7. The molecule has 0 unspecified atom stereocenters. The van der Waals surface area contributed by atoms with Crippen LogP contribution in [0.4, 0.5) is 17.5 Å². The highest BCUT2D eigenvalue weighted by Gasteiger charge is 2.46. The van der Waals surface area contributed by atoms with Crippen LogP contribution in [-0.4, -0.2) is 130 Å². The molecule has 4 aromatic rings. The Morgan fingerprint density at radius 1 is 0.953 bits per heavy atom. The molecule has 2 aromatic heterocycles. The van der Waals surface area contributed by atoms with Crippen LogP contribution in [0.1, 0.15) is 90.6 Å². The van der Waals surface area contributed by atoms with E-state index in [1.54, 1.807) is 22.9 Å². The van der Waals surface area contributed by atoms with Crippen LogP contribution in [0.3, 0.4) is 0 Å². The highest BCUT2D eigenvalue weighted by atomic mass is 35.5. The molecule has 3 saturated heterocycles. The van der Waals surface area contributed by atoms with Crippen LogP contribution in [0, 0.1) is 5.92 Å². The van der Waals surface area contributed by atoms with E-state index in [9.17, 15) is 28.8 Å². The standard InChI is InChI=1S/C46H53ClN10O7/c1-26(2)56-35-8-7-30(21-29(35)22-37(44(56)62)64-25-39(59)48-3)50-41-34(47)23-49-46(52-41)55-17-15-53(16-18-55)24-27-19-31(20-27)54-13-11-28(12-14-54)32-5-4-6-33-40(32)45(63)57(43(33)61)36-9-10-38(58)51-42(36)60/h4-8,21-23,26-28,31,36H,9-20,24-25H2,1-3H3,(H,48,59)(H,49,50,52)(H,51,58,60)/t27?,31?,36-/m1/s1. The van der Waals surface area contributed by atoms with E-state index in [1.807, 2.05) is 44.2 Å². The summed E-state index contributed by atoms with van der Waals surface area (Å²) in [5.74, 6) is -0.262. The minimum Gasteiger partial charge on any atom is -0.478 e. The third kappa shape index (κ3) is 8.43. The zero-order valence-electron chi connectivity index (χ0n) is 36.3. The number of piperidine rings is 2. The quantitative estimate of drug-likeness (QED) is 0.173. The highest BCUT2D eigenvalue weighted by Crippen LogP contribution is 2.40. The molecular weight excluding hydrogens is 840 g/mol. The van der Waals surface area contributed by atoms with E-state index in [4.69, 9.17) is 21.3 Å². The predicted octanol–water partition coefficient (Wildman–Crippen LogP) is 4.08. The van der Waals surface area contributed by atoms with Crippen molar-refractivity contribution in [1.29, 1.82) is 0 Å². The SMILES string of the molecule is CNC(=O)COc1cc2cc(Nc3nc(N4CCN(CC5CC(N6CCC(c7cccc8c7C(=O)N([C@@H]7CCC(=O)NC7=O)C8=O)CC6)C5)CC4)ncc3Cl)ccc2n(C(C)C)c1=O. The Labute approximate surface area is 375 Å². The number of hydrogen-bond acceptors (Lipinski definition) is 13. The third-order valence-electron chi connectivity index (χ3n) is 13.5. The summed E-state index contributed by atoms with van der Waals surface area (Å²) in [5.41, 5.74) is 2.80. The van der Waals surface area contributed by atoms with Crippen molar-refractivity contribution in [1.82, 2.24) is 39.9 Å². The smallest absolute Gasteiger partial charge is 0.293 e. The predicted molar refractivity (Wildman–Crippen MR) is 240 cm³/mol. The normalized spacial score (nSPS) is 22.2. The minimum atomic E-state index is -0.968. The summed E-state index contributed by atoms with van der Waals surface area (Å²) in [6.45, 7) is 9.86. The first kappa shape index (κ1) is 43.3. The summed E-state index contributed by atoms with van der Waals surface area (Å²) in [6.07, 6.45) is 5.95. The fraction of sp³-hybridized carbons (Fsp3) is 0.478. The molecule has 18 heteroatoms. The van der Waals surface area contributed by atoms with Crippen molar-refractivity contribution in [3.63, 3.8) is 0 Å². The number of halogens is 1. The van der Waals surface area contributed by atoms with E-state index in [1.165, 1.54) is 7.05 Å². The number of carbonyl (C=O) groups excluding carboxylic acids is 5. The van der Waals surface area contributed by atoms with Gasteiger partial charge in [0.25, 0.3) is 23.3 Å². The van der Waals surface area contributed by atoms with Gasteiger partial charge >= 0.3 is 0 Å². The van der Waals surface area contributed by atoms with Crippen molar-refractivity contribution in [3.05, 3.63) is 80.7 Å². The average molecular weight is 893 g/mol. The number of aromatic nitrogens is 3. The molecule has 0 bridgehead atoms. The number of fused-ring (bicyclic) bond motifs is 2. The average Bonchev–Trinajstić information content (AvgIpc) is 3.53. The number of benzene rings is 2. The molecule has 17 nitrogen and oxygen atoms in total. The maximum atomic E-state index is 13.7. The molecule has 1 aliphatic carbocycles. The zero-order chi connectivity index (χ0) is 44.8. The summed E-state index contributed by atoms with van der Waals surface area (Å²) in [4.78, 5) is 94.3. The molecule has 4 aliphatic heterocycles. The fourth-order valence-corrected chi connectivity index (χ4v) is 10.2. The number of rotatable bonds is 12. The summed E-state index contributed by atoms with van der Waals surface area (Å²) in [7, 11) is 1.51. The molecule has 64 heavy (non-hydrogen) atoms. The number of likely N-dealkylation sites (N-methyl/N-ethyl adjacent to an activating group) is 1. The number of nitrogens with zero attached hydrogens (tertiary/aromatic N) is 7. The summed E-state index contributed by atoms with van der Waals surface area (Å²) >= 11 is 6.61. The molecule has 2 aromatic carbocycles. The van der Waals surface area contributed by atoms with Gasteiger partial charge in [-0.25, -0.2) is 4.98 Å². The Balaban J connectivity index is 0.757. The van der Waals surface area contributed by atoms with Gasteiger partial charge in [0.15, 0.2) is 18.2 Å². The Hall–Kier alpha value is -5.91. The van der Waals surface area contributed by atoms with E-state index in [0.29, 0.717) is 45.6 Å². The molecule has 4 fully saturated rings. The maximum Gasteiger partial charge on any atom is 0.293 e. The first-order chi connectivity index (χ1) is 30.9. The van der Waals surface area contributed by atoms with Crippen LogP contribution in [0.2, 0.25) is 5.02 Å². The van der Waals surface area contributed by atoms with Gasteiger partial charge < -0.3 is 29.7 Å².